The molecule has 5 rings (SSSR count). The number of carbonyl (C=O) groups excluding carboxylic acids is 1. The van der Waals surface area contributed by atoms with Crippen molar-refractivity contribution in [3.05, 3.63) is 64.4 Å². The Kier molecular flexibility index (Phi) is 3.51. The van der Waals surface area contributed by atoms with Gasteiger partial charge >= 0.3 is 0 Å². The van der Waals surface area contributed by atoms with Crippen molar-refractivity contribution in [2.75, 3.05) is 5.32 Å². The Labute approximate surface area is 166 Å². The van der Waals surface area contributed by atoms with Gasteiger partial charge in [0.15, 0.2) is 0 Å². The maximum Gasteiger partial charge on any atom is 0.237 e. The van der Waals surface area contributed by atoms with Gasteiger partial charge in [0, 0.05) is 10.4 Å². The van der Waals surface area contributed by atoms with E-state index in [2.05, 4.69) is 35.1 Å². The van der Waals surface area contributed by atoms with Crippen molar-refractivity contribution in [1.82, 2.24) is 9.97 Å². The Morgan fingerprint density at radius 3 is 2.48 bits per heavy atom. The molecular formula is C22H20BrN3O. The largest absolute Gasteiger partial charge is 0.324 e. The van der Waals surface area contributed by atoms with Gasteiger partial charge in [-0.1, -0.05) is 38.1 Å². The number of nitrogens with one attached hydrogen (secondary N) is 1. The molecule has 4 nitrogen and oxygen atoms in total. The van der Waals surface area contributed by atoms with Crippen molar-refractivity contribution >= 4 is 38.6 Å². The quantitative estimate of drug-likeness (QED) is 0.619. The third kappa shape index (κ3) is 2.12. The first-order valence-corrected chi connectivity index (χ1v) is 10.1. The molecule has 2 bridgehead atoms. The van der Waals surface area contributed by atoms with E-state index in [1.54, 1.807) is 0 Å². The van der Waals surface area contributed by atoms with Gasteiger partial charge in [0.2, 0.25) is 5.91 Å². The van der Waals surface area contributed by atoms with Crippen molar-refractivity contribution in [1.29, 1.82) is 0 Å². The number of nitrogens with zero attached hydrogens (tertiary/aromatic N) is 2. The van der Waals surface area contributed by atoms with Crippen molar-refractivity contribution in [3.63, 3.8) is 0 Å². The minimum absolute atomic E-state index is 0.0187. The number of hydrogen-bond acceptors (Lipinski definition) is 3. The van der Waals surface area contributed by atoms with Gasteiger partial charge < -0.3 is 5.32 Å². The molecule has 0 aliphatic heterocycles. The summed E-state index contributed by atoms with van der Waals surface area (Å²) in [5.41, 5.74) is 3.54. The molecule has 1 amide bonds. The molecule has 3 aromatic rings. The Bertz CT molecular complexity index is 1090. The summed E-state index contributed by atoms with van der Waals surface area (Å²) >= 11 is 3.53. The molecular weight excluding hydrogens is 402 g/mol. The summed E-state index contributed by atoms with van der Waals surface area (Å²) in [6, 6.07) is 15.6. The zero-order valence-corrected chi connectivity index (χ0v) is 16.9. The van der Waals surface area contributed by atoms with Gasteiger partial charge in [-0.3, -0.25) is 4.79 Å². The van der Waals surface area contributed by atoms with E-state index in [1.807, 2.05) is 48.5 Å². The molecule has 0 spiro atoms. The number of halogens is 1. The third-order valence-corrected chi connectivity index (χ3v) is 7.31. The Morgan fingerprint density at radius 1 is 1.07 bits per heavy atom. The van der Waals surface area contributed by atoms with Crippen LogP contribution in [0.5, 0.6) is 0 Å². The van der Waals surface area contributed by atoms with Gasteiger partial charge in [0.25, 0.3) is 0 Å². The Hall–Kier alpha value is -2.27. The SMILES string of the molecule is CC1(C)C2CCC1(C(=O)Nc1ccccc1Br)c1nc3ccccc3nc12. The minimum atomic E-state index is -0.653. The van der Waals surface area contributed by atoms with Crippen LogP contribution in [0.4, 0.5) is 5.69 Å². The molecule has 136 valence electrons. The van der Waals surface area contributed by atoms with Crippen molar-refractivity contribution < 1.29 is 4.79 Å². The van der Waals surface area contributed by atoms with Crippen LogP contribution in [0, 0.1) is 5.41 Å². The summed E-state index contributed by atoms with van der Waals surface area (Å²) in [6.45, 7) is 4.39. The van der Waals surface area contributed by atoms with E-state index >= 15 is 0 Å². The number of rotatable bonds is 2. The molecule has 2 atom stereocenters. The van der Waals surface area contributed by atoms with Gasteiger partial charge in [0.05, 0.1) is 33.5 Å². The molecule has 27 heavy (non-hydrogen) atoms. The monoisotopic (exact) mass is 421 g/mol. The summed E-state index contributed by atoms with van der Waals surface area (Å²) in [4.78, 5) is 23.6. The number of carbonyl (C=O) groups is 1. The third-order valence-electron chi connectivity index (χ3n) is 6.62. The second-order valence-electron chi connectivity index (χ2n) is 8.10. The topological polar surface area (TPSA) is 54.9 Å². The smallest absolute Gasteiger partial charge is 0.237 e. The van der Waals surface area contributed by atoms with Gasteiger partial charge in [-0.2, -0.15) is 0 Å². The maximum atomic E-state index is 13.7. The van der Waals surface area contributed by atoms with Crippen LogP contribution in [0.15, 0.2) is 53.0 Å². The first kappa shape index (κ1) is 16.9. The van der Waals surface area contributed by atoms with E-state index in [0.29, 0.717) is 0 Å². The predicted molar refractivity (Wildman–Crippen MR) is 110 cm³/mol. The number of aromatic nitrogens is 2. The number of fused-ring (bicyclic) bond motifs is 6. The van der Waals surface area contributed by atoms with Crippen molar-refractivity contribution in [2.24, 2.45) is 5.41 Å². The van der Waals surface area contributed by atoms with Crippen LogP contribution >= 0.6 is 15.9 Å². The molecule has 0 saturated heterocycles. The molecule has 2 unspecified atom stereocenters. The number of benzene rings is 2. The lowest BCUT2D eigenvalue weighted by Gasteiger charge is -2.36. The van der Waals surface area contributed by atoms with Gasteiger partial charge in [-0.15, -0.1) is 0 Å². The van der Waals surface area contributed by atoms with E-state index < -0.39 is 5.41 Å². The number of hydrogen-bond donors (Lipinski definition) is 1. The molecule has 0 radical (unpaired) electrons. The lowest BCUT2D eigenvalue weighted by atomic mass is 9.67. The Balaban J connectivity index is 1.68. The number of amides is 1. The molecule has 1 heterocycles. The van der Waals surface area contributed by atoms with E-state index in [0.717, 1.165) is 45.4 Å². The van der Waals surface area contributed by atoms with Crippen LogP contribution in [0.3, 0.4) is 0 Å². The molecule has 2 aliphatic rings. The van der Waals surface area contributed by atoms with Crippen LogP contribution in [0.2, 0.25) is 0 Å². The summed E-state index contributed by atoms with van der Waals surface area (Å²) in [5, 5.41) is 3.16. The zero-order valence-electron chi connectivity index (χ0n) is 15.3. The highest BCUT2D eigenvalue weighted by molar-refractivity contribution is 9.10. The second-order valence-corrected chi connectivity index (χ2v) is 8.95. The number of para-hydroxylation sites is 3. The van der Waals surface area contributed by atoms with Crippen LogP contribution in [0.1, 0.15) is 44.0 Å². The summed E-state index contributed by atoms with van der Waals surface area (Å²) in [6.07, 6.45) is 1.78. The summed E-state index contributed by atoms with van der Waals surface area (Å²) in [5.74, 6) is 0.278. The molecule has 5 heteroatoms. The molecule has 1 fully saturated rings. The van der Waals surface area contributed by atoms with Crippen molar-refractivity contribution in [2.45, 2.75) is 38.0 Å². The van der Waals surface area contributed by atoms with Gasteiger partial charge in [0.1, 0.15) is 0 Å². The highest BCUT2D eigenvalue weighted by Crippen LogP contribution is 2.67. The first-order chi connectivity index (χ1) is 12.9. The molecule has 2 aromatic carbocycles. The van der Waals surface area contributed by atoms with Crippen molar-refractivity contribution in [3.8, 4) is 0 Å². The van der Waals surface area contributed by atoms with Crippen LogP contribution in [-0.2, 0) is 10.2 Å². The fraction of sp³-hybridized carbons (Fsp3) is 0.318. The fourth-order valence-corrected chi connectivity index (χ4v) is 5.50. The number of anilines is 1. The summed E-state index contributed by atoms with van der Waals surface area (Å²) < 4.78 is 0.880. The first-order valence-electron chi connectivity index (χ1n) is 9.28. The molecule has 2 aliphatic carbocycles. The summed E-state index contributed by atoms with van der Waals surface area (Å²) in [7, 11) is 0. The average molecular weight is 422 g/mol. The predicted octanol–water partition coefficient (Wildman–Crippen LogP) is 5.19. The van der Waals surface area contributed by atoms with E-state index in [4.69, 9.17) is 9.97 Å². The highest BCUT2D eigenvalue weighted by Gasteiger charge is 2.67. The lowest BCUT2D eigenvalue weighted by Crippen LogP contribution is -2.46. The highest BCUT2D eigenvalue weighted by atomic mass is 79.9. The zero-order chi connectivity index (χ0) is 18.8. The van der Waals surface area contributed by atoms with Gasteiger partial charge in [-0.05, 0) is 58.5 Å². The van der Waals surface area contributed by atoms with Crippen LogP contribution < -0.4 is 5.32 Å². The lowest BCUT2D eigenvalue weighted by molar-refractivity contribution is -0.124. The van der Waals surface area contributed by atoms with E-state index in [9.17, 15) is 4.79 Å². The molecule has 1 N–H and O–H groups in total. The molecule has 1 saturated carbocycles. The standard InChI is InChI=1S/C22H20BrN3O/c1-21(2)13-11-12-22(21,20(27)26-15-8-4-3-7-14(15)23)19-18(13)24-16-9-5-6-10-17(16)25-19/h3-10,13H,11-12H2,1-2H3,(H,26,27). The molecule has 1 aromatic heterocycles. The van der Waals surface area contributed by atoms with Gasteiger partial charge in [-0.25, -0.2) is 9.97 Å². The Morgan fingerprint density at radius 2 is 1.74 bits per heavy atom. The van der Waals surface area contributed by atoms with E-state index in [1.165, 1.54) is 0 Å². The maximum absolute atomic E-state index is 13.7. The normalized spacial score (nSPS) is 24.8. The minimum Gasteiger partial charge on any atom is -0.324 e. The van der Waals surface area contributed by atoms with Crippen LogP contribution in [0.25, 0.3) is 11.0 Å². The van der Waals surface area contributed by atoms with E-state index in [-0.39, 0.29) is 17.2 Å². The second kappa shape index (κ2) is 5.61. The average Bonchev–Trinajstić information content (AvgIpc) is 3.03. The fourth-order valence-electron chi connectivity index (χ4n) is 5.12. The van der Waals surface area contributed by atoms with Crippen LogP contribution in [-0.4, -0.2) is 15.9 Å².